The Bertz CT molecular complexity index is 762. The van der Waals surface area contributed by atoms with E-state index >= 15 is 0 Å². The highest BCUT2D eigenvalue weighted by Gasteiger charge is 2.23. The molecule has 0 aliphatic carbocycles. The quantitative estimate of drug-likeness (QED) is 0.727. The number of amides is 1. The number of nitrogens with zero attached hydrogens (tertiary/aromatic N) is 2. The van der Waals surface area contributed by atoms with Crippen molar-refractivity contribution in [2.75, 3.05) is 25.0 Å². The van der Waals surface area contributed by atoms with Gasteiger partial charge in [-0.15, -0.1) is 0 Å². The van der Waals surface area contributed by atoms with E-state index < -0.39 is 11.9 Å². The highest BCUT2D eigenvalue weighted by atomic mass is 16.5. The van der Waals surface area contributed by atoms with Crippen LogP contribution in [0.25, 0.3) is 0 Å². The number of anilines is 1. The van der Waals surface area contributed by atoms with E-state index in [1.165, 1.54) is 16.8 Å². The number of aliphatic hydroxyl groups excluding tert-OH is 1. The summed E-state index contributed by atoms with van der Waals surface area (Å²) in [5.41, 5.74) is -0.0552. The van der Waals surface area contributed by atoms with Gasteiger partial charge in [-0.2, -0.15) is 4.98 Å². The molecule has 1 amide bonds. The average molecular weight is 330 g/mol. The van der Waals surface area contributed by atoms with Gasteiger partial charge in [-0.3, -0.25) is 9.36 Å². The number of rotatable bonds is 4. The zero-order valence-corrected chi connectivity index (χ0v) is 12.9. The summed E-state index contributed by atoms with van der Waals surface area (Å²) in [7, 11) is 0. The summed E-state index contributed by atoms with van der Waals surface area (Å²) in [4.78, 5) is 28.1. The second-order valence-corrected chi connectivity index (χ2v) is 5.38. The Morgan fingerprint density at radius 1 is 1.33 bits per heavy atom. The van der Waals surface area contributed by atoms with Crippen LogP contribution in [0.4, 0.5) is 5.82 Å². The summed E-state index contributed by atoms with van der Waals surface area (Å²) < 4.78 is 6.94. The van der Waals surface area contributed by atoms with Gasteiger partial charge in [0.25, 0.3) is 5.91 Å². The predicted octanol–water partition coefficient (Wildman–Crippen LogP) is -0.0251. The molecule has 24 heavy (non-hydrogen) atoms. The van der Waals surface area contributed by atoms with Gasteiger partial charge in [0.15, 0.2) is 6.23 Å². The molecule has 0 saturated carbocycles. The summed E-state index contributed by atoms with van der Waals surface area (Å²) in [6.07, 6.45) is 0.602. The third-order valence-electron chi connectivity index (χ3n) is 3.66. The van der Waals surface area contributed by atoms with Crippen molar-refractivity contribution in [3.63, 3.8) is 0 Å². The fraction of sp³-hybridized carbons (Fsp3) is 0.312. The van der Waals surface area contributed by atoms with Crippen molar-refractivity contribution >= 4 is 11.7 Å². The monoisotopic (exact) mass is 330 g/mol. The first-order valence-electron chi connectivity index (χ1n) is 7.60. The van der Waals surface area contributed by atoms with E-state index in [2.05, 4.69) is 15.6 Å². The zero-order chi connectivity index (χ0) is 16.9. The van der Waals surface area contributed by atoms with Gasteiger partial charge < -0.3 is 20.5 Å². The molecule has 0 spiro atoms. The summed E-state index contributed by atoms with van der Waals surface area (Å²) >= 11 is 0. The van der Waals surface area contributed by atoms with Crippen LogP contribution < -0.4 is 16.3 Å². The molecule has 1 fully saturated rings. The van der Waals surface area contributed by atoms with Crippen LogP contribution >= 0.6 is 0 Å². The minimum Gasteiger partial charge on any atom is -0.394 e. The minimum absolute atomic E-state index is 0.128. The number of hydrogen-bond acceptors (Lipinski definition) is 6. The predicted molar refractivity (Wildman–Crippen MR) is 86.8 cm³/mol. The standard InChI is InChI=1S/C16H18N4O4/c21-10-12-8-17-9-14(24-12)20-7-6-13(19-16(20)23)18-15(22)11-4-2-1-3-5-11/h1-7,12,14,17,21H,8-10H2,(H,18,19,22,23). The number of carbonyl (C=O) groups is 1. The van der Waals surface area contributed by atoms with E-state index in [0.717, 1.165) is 0 Å². The Kier molecular flexibility index (Phi) is 4.99. The number of aromatic nitrogens is 2. The Balaban J connectivity index is 1.73. The maximum Gasteiger partial charge on any atom is 0.351 e. The number of morpholine rings is 1. The lowest BCUT2D eigenvalue weighted by Crippen LogP contribution is -2.46. The number of carbonyl (C=O) groups excluding carboxylic acids is 1. The smallest absolute Gasteiger partial charge is 0.351 e. The number of hydrogen-bond donors (Lipinski definition) is 3. The highest BCUT2D eigenvalue weighted by Crippen LogP contribution is 2.13. The Morgan fingerprint density at radius 3 is 2.83 bits per heavy atom. The summed E-state index contributed by atoms with van der Waals surface area (Å²) in [6.45, 7) is 0.838. The number of aliphatic hydroxyl groups is 1. The van der Waals surface area contributed by atoms with E-state index in [0.29, 0.717) is 18.7 Å². The van der Waals surface area contributed by atoms with Crippen LogP contribution in [-0.4, -0.2) is 46.4 Å². The molecule has 2 heterocycles. The molecule has 3 rings (SSSR count). The molecule has 1 saturated heterocycles. The lowest BCUT2D eigenvalue weighted by Gasteiger charge is -2.30. The third-order valence-corrected chi connectivity index (χ3v) is 3.66. The largest absolute Gasteiger partial charge is 0.394 e. The molecule has 1 aliphatic heterocycles. The number of nitrogens with one attached hydrogen (secondary N) is 2. The van der Waals surface area contributed by atoms with Gasteiger partial charge in [0, 0.05) is 24.8 Å². The molecule has 126 valence electrons. The molecule has 0 radical (unpaired) electrons. The van der Waals surface area contributed by atoms with Gasteiger partial charge in [0.1, 0.15) is 5.82 Å². The molecule has 8 heteroatoms. The first kappa shape index (κ1) is 16.3. The molecular formula is C16H18N4O4. The summed E-state index contributed by atoms with van der Waals surface area (Å²) in [6, 6.07) is 10.2. The van der Waals surface area contributed by atoms with Crippen LogP contribution in [0.1, 0.15) is 16.6 Å². The van der Waals surface area contributed by atoms with Gasteiger partial charge >= 0.3 is 5.69 Å². The lowest BCUT2D eigenvalue weighted by molar-refractivity contribution is -0.0967. The van der Waals surface area contributed by atoms with E-state index in [4.69, 9.17) is 9.84 Å². The van der Waals surface area contributed by atoms with Gasteiger partial charge in [-0.25, -0.2) is 4.79 Å². The number of benzene rings is 1. The van der Waals surface area contributed by atoms with Crippen molar-refractivity contribution < 1.29 is 14.6 Å². The van der Waals surface area contributed by atoms with Gasteiger partial charge in [0.2, 0.25) is 0 Å². The van der Waals surface area contributed by atoms with Crippen molar-refractivity contribution in [2.24, 2.45) is 0 Å². The lowest BCUT2D eigenvalue weighted by atomic mass is 10.2. The average Bonchev–Trinajstić information content (AvgIpc) is 2.62. The maximum absolute atomic E-state index is 12.2. The fourth-order valence-electron chi connectivity index (χ4n) is 2.44. The molecule has 3 N–H and O–H groups in total. The molecule has 2 unspecified atom stereocenters. The Labute approximate surface area is 138 Å². The minimum atomic E-state index is -0.547. The Morgan fingerprint density at radius 2 is 2.12 bits per heavy atom. The number of ether oxygens (including phenoxy) is 1. The fourth-order valence-corrected chi connectivity index (χ4v) is 2.44. The van der Waals surface area contributed by atoms with Crippen LogP contribution in [0.5, 0.6) is 0 Å². The van der Waals surface area contributed by atoms with Crippen LogP contribution in [0, 0.1) is 0 Å². The molecule has 2 aromatic rings. The van der Waals surface area contributed by atoms with Gasteiger partial charge in [-0.05, 0) is 18.2 Å². The summed E-state index contributed by atoms with van der Waals surface area (Å²) in [5.74, 6) is -0.163. The van der Waals surface area contributed by atoms with Gasteiger partial charge in [-0.1, -0.05) is 18.2 Å². The van der Waals surface area contributed by atoms with Crippen LogP contribution in [0.15, 0.2) is 47.4 Å². The van der Waals surface area contributed by atoms with Crippen LogP contribution in [0.2, 0.25) is 0 Å². The summed E-state index contributed by atoms with van der Waals surface area (Å²) in [5, 5.41) is 14.8. The van der Waals surface area contributed by atoms with Crippen molar-refractivity contribution in [3.8, 4) is 0 Å². The van der Waals surface area contributed by atoms with E-state index in [9.17, 15) is 9.59 Å². The van der Waals surface area contributed by atoms with Crippen molar-refractivity contribution in [3.05, 3.63) is 58.6 Å². The van der Waals surface area contributed by atoms with Crippen molar-refractivity contribution in [1.82, 2.24) is 14.9 Å². The SMILES string of the molecule is O=C(Nc1ccn(C2CNCC(CO)O2)c(=O)n1)c1ccccc1. The van der Waals surface area contributed by atoms with Crippen LogP contribution in [-0.2, 0) is 4.74 Å². The van der Waals surface area contributed by atoms with E-state index in [-0.39, 0.29) is 24.4 Å². The first-order valence-corrected chi connectivity index (χ1v) is 7.60. The van der Waals surface area contributed by atoms with Crippen LogP contribution in [0.3, 0.4) is 0 Å². The van der Waals surface area contributed by atoms with Crippen molar-refractivity contribution in [2.45, 2.75) is 12.3 Å². The normalized spacial score (nSPS) is 20.5. The molecule has 1 aromatic heterocycles. The molecular weight excluding hydrogens is 312 g/mol. The van der Waals surface area contributed by atoms with Gasteiger partial charge in [0.05, 0.1) is 12.7 Å². The topological polar surface area (TPSA) is 105 Å². The van der Waals surface area contributed by atoms with Crippen molar-refractivity contribution in [1.29, 1.82) is 0 Å². The first-order chi connectivity index (χ1) is 11.7. The zero-order valence-electron chi connectivity index (χ0n) is 12.9. The molecule has 1 aromatic carbocycles. The van der Waals surface area contributed by atoms with E-state index in [1.807, 2.05) is 6.07 Å². The molecule has 0 bridgehead atoms. The molecule has 1 aliphatic rings. The highest BCUT2D eigenvalue weighted by molar-refractivity contribution is 6.03. The third kappa shape index (κ3) is 3.67. The maximum atomic E-state index is 12.2. The second-order valence-electron chi connectivity index (χ2n) is 5.38. The Hall–Kier alpha value is -2.55. The second kappa shape index (κ2) is 7.35. The molecule has 8 nitrogen and oxygen atoms in total. The van der Waals surface area contributed by atoms with E-state index in [1.54, 1.807) is 24.3 Å². The molecule has 2 atom stereocenters.